The molecule has 0 bridgehead atoms. The van der Waals surface area contributed by atoms with E-state index in [9.17, 15) is 14.4 Å². The first-order valence-electron chi connectivity index (χ1n) is 10.8. The molecule has 6 nitrogen and oxygen atoms in total. The molecule has 6 heteroatoms. The maximum atomic E-state index is 12.6. The van der Waals surface area contributed by atoms with Crippen LogP contribution in [0.4, 0.5) is 5.69 Å². The van der Waals surface area contributed by atoms with E-state index in [1.807, 2.05) is 30.3 Å². The van der Waals surface area contributed by atoms with Crippen molar-refractivity contribution in [3.63, 3.8) is 0 Å². The molecular formula is C25H30N2O4. The average molecular weight is 423 g/mol. The number of esters is 1. The third kappa shape index (κ3) is 6.41. The molecular weight excluding hydrogens is 392 g/mol. The Morgan fingerprint density at radius 2 is 1.65 bits per heavy atom. The van der Waals surface area contributed by atoms with E-state index in [2.05, 4.69) is 24.5 Å². The Morgan fingerprint density at radius 3 is 2.42 bits per heavy atom. The van der Waals surface area contributed by atoms with Crippen LogP contribution in [0.3, 0.4) is 0 Å². The van der Waals surface area contributed by atoms with Gasteiger partial charge in [-0.1, -0.05) is 69.2 Å². The van der Waals surface area contributed by atoms with Gasteiger partial charge in [-0.05, 0) is 36.0 Å². The number of amides is 2. The molecule has 1 fully saturated rings. The number of hydrogen-bond acceptors (Lipinski definition) is 4. The van der Waals surface area contributed by atoms with Gasteiger partial charge in [0.1, 0.15) is 0 Å². The zero-order chi connectivity index (χ0) is 22.2. The Balaban J connectivity index is 1.54. The Hall–Kier alpha value is -3.15. The molecule has 31 heavy (non-hydrogen) atoms. The fraction of sp³-hybridized carbons (Fsp3) is 0.400. The molecule has 2 aromatic rings. The van der Waals surface area contributed by atoms with Crippen molar-refractivity contribution in [2.24, 2.45) is 11.8 Å². The lowest BCUT2D eigenvalue weighted by atomic mass is 9.78. The molecule has 2 N–H and O–H groups in total. The van der Waals surface area contributed by atoms with Crippen molar-refractivity contribution in [2.45, 2.75) is 45.6 Å². The van der Waals surface area contributed by atoms with Crippen LogP contribution >= 0.6 is 0 Å². The number of carbonyl (C=O) groups is 3. The molecule has 0 aliphatic heterocycles. The molecule has 0 unspecified atom stereocenters. The standard InChI is InChI=1S/C25H30N2O4/c1-17-9-8-14-21(18(17)2)26-24(29)16-31-25(30)20-12-6-7-13-22(20)27-23(28)15-19-10-4-3-5-11-19/h3-7,10-13,17-18,21H,8-9,14-16H2,1-2H3,(H,26,29)(H,27,28)/t17-,18-,21-/m1/s1. The Kier molecular flexibility index (Phi) is 7.82. The topological polar surface area (TPSA) is 84.5 Å². The summed E-state index contributed by atoms with van der Waals surface area (Å²) < 4.78 is 5.23. The number of nitrogens with one attached hydrogen (secondary N) is 2. The summed E-state index contributed by atoms with van der Waals surface area (Å²) in [5, 5.41) is 5.76. The van der Waals surface area contributed by atoms with Crippen molar-refractivity contribution in [3.05, 3.63) is 65.7 Å². The number of para-hydroxylation sites is 1. The molecule has 1 aliphatic carbocycles. The molecule has 1 aliphatic rings. The number of carbonyl (C=O) groups excluding carboxylic acids is 3. The van der Waals surface area contributed by atoms with Crippen molar-refractivity contribution in [1.82, 2.24) is 5.32 Å². The van der Waals surface area contributed by atoms with E-state index in [4.69, 9.17) is 4.74 Å². The molecule has 0 radical (unpaired) electrons. The van der Waals surface area contributed by atoms with E-state index in [1.54, 1.807) is 24.3 Å². The van der Waals surface area contributed by atoms with Gasteiger partial charge in [-0.15, -0.1) is 0 Å². The van der Waals surface area contributed by atoms with E-state index in [0.29, 0.717) is 17.5 Å². The lowest BCUT2D eigenvalue weighted by molar-refractivity contribution is -0.125. The van der Waals surface area contributed by atoms with Crippen molar-refractivity contribution < 1.29 is 19.1 Å². The van der Waals surface area contributed by atoms with E-state index in [1.165, 1.54) is 6.42 Å². The number of ether oxygens (including phenoxy) is 1. The van der Waals surface area contributed by atoms with Gasteiger partial charge in [-0.2, -0.15) is 0 Å². The van der Waals surface area contributed by atoms with Gasteiger partial charge in [0.05, 0.1) is 17.7 Å². The lowest BCUT2D eigenvalue weighted by Gasteiger charge is -2.34. The van der Waals surface area contributed by atoms with Crippen LogP contribution in [0, 0.1) is 11.8 Å². The van der Waals surface area contributed by atoms with Gasteiger partial charge in [-0.25, -0.2) is 4.79 Å². The highest BCUT2D eigenvalue weighted by atomic mass is 16.5. The van der Waals surface area contributed by atoms with Crippen LogP contribution in [0.5, 0.6) is 0 Å². The van der Waals surface area contributed by atoms with Crippen LogP contribution in [0.2, 0.25) is 0 Å². The molecule has 3 rings (SSSR count). The number of benzene rings is 2. The summed E-state index contributed by atoms with van der Waals surface area (Å²) in [4.78, 5) is 37.2. The molecule has 1 saturated carbocycles. The molecule has 3 atom stereocenters. The highest BCUT2D eigenvalue weighted by Crippen LogP contribution is 2.29. The monoisotopic (exact) mass is 422 g/mol. The third-order valence-corrected chi connectivity index (χ3v) is 6.02. The molecule has 2 amide bonds. The van der Waals surface area contributed by atoms with Gasteiger partial charge in [-0.3, -0.25) is 9.59 Å². The molecule has 0 heterocycles. The van der Waals surface area contributed by atoms with Crippen LogP contribution in [0.25, 0.3) is 0 Å². The van der Waals surface area contributed by atoms with E-state index < -0.39 is 5.97 Å². The van der Waals surface area contributed by atoms with E-state index in [-0.39, 0.29) is 36.4 Å². The Labute approximate surface area is 183 Å². The van der Waals surface area contributed by atoms with Gasteiger partial charge < -0.3 is 15.4 Å². The second-order valence-electron chi connectivity index (χ2n) is 8.27. The van der Waals surface area contributed by atoms with Gasteiger partial charge in [0.15, 0.2) is 6.61 Å². The molecule has 0 aromatic heterocycles. The predicted octanol–water partition coefficient (Wildman–Crippen LogP) is 3.97. The first-order chi connectivity index (χ1) is 14.9. The second kappa shape index (κ2) is 10.8. The fourth-order valence-corrected chi connectivity index (χ4v) is 3.99. The van der Waals surface area contributed by atoms with Crippen molar-refractivity contribution in [1.29, 1.82) is 0 Å². The summed E-state index contributed by atoms with van der Waals surface area (Å²) in [6.07, 6.45) is 3.41. The summed E-state index contributed by atoms with van der Waals surface area (Å²) >= 11 is 0. The van der Waals surface area contributed by atoms with Crippen LogP contribution in [0.1, 0.15) is 49.0 Å². The van der Waals surface area contributed by atoms with Crippen molar-refractivity contribution >= 4 is 23.5 Å². The molecule has 2 aromatic carbocycles. The van der Waals surface area contributed by atoms with Gasteiger partial charge in [0.25, 0.3) is 5.91 Å². The normalized spacial score (nSPS) is 20.5. The number of hydrogen-bond donors (Lipinski definition) is 2. The zero-order valence-corrected chi connectivity index (χ0v) is 18.1. The zero-order valence-electron chi connectivity index (χ0n) is 18.1. The quantitative estimate of drug-likeness (QED) is 0.662. The van der Waals surface area contributed by atoms with Crippen molar-refractivity contribution in [2.75, 3.05) is 11.9 Å². The maximum Gasteiger partial charge on any atom is 0.340 e. The highest BCUT2D eigenvalue weighted by Gasteiger charge is 2.28. The molecule has 0 saturated heterocycles. The smallest absolute Gasteiger partial charge is 0.340 e. The first kappa shape index (κ1) is 22.5. The van der Waals surface area contributed by atoms with Crippen LogP contribution in [-0.4, -0.2) is 30.4 Å². The summed E-state index contributed by atoms with van der Waals surface area (Å²) in [5.74, 6) is -0.216. The van der Waals surface area contributed by atoms with Crippen LogP contribution in [-0.2, 0) is 20.7 Å². The molecule has 0 spiro atoms. The minimum absolute atomic E-state index is 0.111. The molecule has 164 valence electrons. The lowest BCUT2D eigenvalue weighted by Crippen LogP contribution is -2.45. The highest BCUT2D eigenvalue weighted by molar-refractivity contribution is 6.02. The van der Waals surface area contributed by atoms with Gasteiger partial charge in [0.2, 0.25) is 5.91 Å². The third-order valence-electron chi connectivity index (χ3n) is 6.02. The van der Waals surface area contributed by atoms with E-state index in [0.717, 1.165) is 18.4 Å². The Bertz CT molecular complexity index is 913. The van der Waals surface area contributed by atoms with Crippen molar-refractivity contribution in [3.8, 4) is 0 Å². The van der Waals surface area contributed by atoms with Crippen LogP contribution in [0.15, 0.2) is 54.6 Å². The summed E-state index contributed by atoms with van der Waals surface area (Å²) in [7, 11) is 0. The summed E-state index contributed by atoms with van der Waals surface area (Å²) in [6.45, 7) is 4.00. The fourth-order valence-electron chi connectivity index (χ4n) is 3.99. The average Bonchev–Trinajstić information content (AvgIpc) is 2.76. The summed E-state index contributed by atoms with van der Waals surface area (Å²) in [6, 6.07) is 16.1. The SMILES string of the molecule is C[C@@H]1[C@H](C)CCC[C@H]1NC(=O)COC(=O)c1ccccc1NC(=O)Cc1ccccc1. The van der Waals surface area contributed by atoms with Gasteiger partial charge in [0, 0.05) is 6.04 Å². The Morgan fingerprint density at radius 1 is 0.935 bits per heavy atom. The number of rotatable bonds is 7. The second-order valence-corrected chi connectivity index (χ2v) is 8.27. The minimum Gasteiger partial charge on any atom is -0.452 e. The summed E-state index contributed by atoms with van der Waals surface area (Å²) in [5.41, 5.74) is 1.46. The largest absolute Gasteiger partial charge is 0.452 e. The van der Waals surface area contributed by atoms with Gasteiger partial charge >= 0.3 is 5.97 Å². The minimum atomic E-state index is -0.643. The van der Waals surface area contributed by atoms with Crippen LogP contribution < -0.4 is 10.6 Å². The first-order valence-corrected chi connectivity index (χ1v) is 10.8. The predicted molar refractivity (Wildman–Crippen MR) is 120 cm³/mol. The van der Waals surface area contributed by atoms with E-state index >= 15 is 0 Å². The maximum absolute atomic E-state index is 12.6. The number of anilines is 1.